The number of aromatic nitrogens is 1. The third kappa shape index (κ3) is 1.21. The minimum absolute atomic E-state index is 0.0327. The molecule has 1 aliphatic carbocycles. The Hall–Kier alpha value is -1.29. The van der Waals surface area contributed by atoms with Crippen molar-refractivity contribution >= 4 is 29.0 Å². The molecule has 3 rings (SSSR count). The van der Waals surface area contributed by atoms with Crippen LogP contribution in [0.25, 0.3) is 0 Å². The summed E-state index contributed by atoms with van der Waals surface area (Å²) in [6.45, 7) is 0. The number of fused-ring (bicyclic) bond motifs is 1. The van der Waals surface area contributed by atoms with Crippen LogP contribution in [0.1, 0.15) is 19.3 Å². The number of rotatable bonds is 0. The number of carbonyl (C=O) groups excluding carboxylic acids is 1. The summed E-state index contributed by atoms with van der Waals surface area (Å²) in [4.78, 5) is 16.0. The number of carbonyl (C=O) groups is 1. The fourth-order valence-electron chi connectivity index (χ4n) is 2.04. The highest BCUT2D eigenvalue weighted by atomic mass is 35.5. The van der Waals surface area contributed by atoms with Gasteiger partial charge in [0.25, 0.3) is 0 Å². The number of pyridine rings is 1. The number of anilines is 2. The number of nitrogens with one attached hydrogen (secondary N) is 2. The number of hydrogen-bond donors (Lipinski definition) is 2. The lowest BCUT2D eigenvalue weighted by Crippen LogP contribution is -2.57. The molecule has 0 bridgehead atoms. The second-order valence-electron chi connectivity index (χ2n) is 4.06. The summed E-state index contributed by atoms with van der Waals surface area (Å²) in [6.07, 6.45) is 4.42. The van der Waals surface area contributed by atoms with E-state index in [2.05, 4.69) is 15.6 Å². The first-order valence-electron chi connectivity index (χ1n) is 4.95. The van der Waals surface area contributed by atoms with Crippen molar-refractivity contribution in [1.29, 1.82) is 0 Å². The molecule has 2 heterocycles. The smallest absolute Gasteiger partial charge is 0.250 e. The van der Waals surface area contributed by atoms with Gasteiger partial charge in [-0.25, -0.2) is 4.98 Å². The fourth-order valence-corrected chi connectivity index (χ4v) is 2.20. The van der Waals surface area contributed by atoms with Gasteiger partial charge < -0.3 is 10.6 Å². The van der Waals surface area contributed by atoms with Gasteiger partial charge in [0.05, 0.1) is 10.7 Å². The zero-order valence-corrected chi connectivity index (χ0v) is 8.77. The first-order chi connectivity index (χ1) is 7.20. The SMILES string of the molecule is O=C1Nc2cc(Cl)cnc2NC12CCC2. The van der Waals surface area contributed by atoms with E-state index in [1.807, 2.05) is 0 Å². The summed E-state index contributed by atoms with van der Waals surface area (Å²) in [6, 6.07) is 1.71. The van der Waals surface area contributed by atoms with Crippen LogP contribution in [0.15, 0.2) is 12.3 Å². The number of halogens is 1. The molecule has 1 spiro atoms. The van der Waals surface area contributed by atoms with E-state index < -0.39 is 5.54 Å². The van der Waals surface area contributed by atoms with Crippen molar-refractivity contribution in [2.75, 3.05) is 10.6 Å². The van der Waals surface area contributed by atoms with Crippen molar-refractivity contribution in [3.05, 3.63) is 17.3 Å². The molecule has 1 amide bonds. The quantitative estimate of drug-likeness (QED) is 0.708. The van der Waals surface area contributed by atoms with Crippen LogP contribution >= 0.6 is 11.6 Å². The molecule has 1 aliphatic heterocycles. The van der Waals surface area contributed by atoms with Crippen LogP contribution in [-0.2, 0) is 4.79 Å². The molecule has 0 aromatic carbocycles. The average Bonchev–Trinajstić information content (AvgIpc) is 2.14. The highest BCUT2D eigenvalue weighted by Gasteiger charge is 2.47. The van der Waals surface area contributed by atoms with Crippen LogP contribution in [0.4, 0.5) is 11.5 Å². The van der Waals surface area contributed by atoms with E-state index >= 15 is 0 Å². The Bertz CT molecular complexity index is 442. The topological polar surface area (TPSA) is 54.0 Å². The maximum atomic E-state index is 11.8. The molecule has 15 heavy (non-hydrogen) atoms. The molecule has 0 saturated heterocycles. The van der Waals surface area contributed by atoms with Crippen LogP contribution < -0.4 is 10.6 Å². The number of amides is 1. The van der Waals surface area contributed by atoms with E-state index in [4.69, 9.17) is 11.6 Å². The Labute approximate surface area is 92.0 Å². The van der Waals surface area contributed by atoms with E-state index in [9.17, 15) is 4.79 Å². The molecule has 2 N–H and O–H groups in total. The van der Waals surface area contributed by atoms with Crippen LogP contribution in [0.3, 0.4) is 0 Å². The summed E-state index contributed by atoms with van der Waals surface area (Å²) in [7, 11) is 0. The Balaban J connectivity index is 2.02. The second-order valence-corrected chi connectivity index (χ2v) is 4.50. The van der Waals surface area contributed by atoms with Crippen LogP contribution in [0, 0.1) is 0 Å². The van der Waals surface area contributed by atoms with E-state index in [0.29, 0.717) is 10.7 Å². The standard InChI is InChI=1S/C10H10ClN3O/c11-6-4-7-8(12-5-6)14-10(2-1-3-10)9(15)13-7/h4-5H,1-3H2,(H,12,14)(H,13,15). The first-order valence-corrected chi connectivity index (χ1v) is 5.33. The van der Waals surface area contributed by atoms with E-state index in [0.717, 1.165) is 25.1 Å². The Morgan fingerprint density at radius 3 is 2.93 bits per heavy atom. The largest absolute Gasteiger partial charge is 0.354 e. The Kier molecular flexibility index (Phi) is 1.71. The van der Waals surface area contributed by atoms with Gasteiger partial charge in [0.1, 0.15) is 5.54 Å². The Morgan fingerprint density at radius 2 is 2.27 bits per heavy atom. The van der Waals surface area contributed by atoms with Crippen LogP contribution in [0.5, 0.6) is 0 Å². The molecular formula is C10H10ClN3O. The molecule has 1 fully saturated rings. The molecular weight excluding hydrogens is 214 g/mol. The van der Waals surface area contributed by atoms with Crippen LogP contribution in [-0.4, -0.2) is 16.4 Å². The maximum absolute atomic E-state index is 11.8. The molecule has 78 valence electrons. The zero-order valence-electron chi connectivity index (χ0n) is 8.01. The van der Waals surface area contributed by atoms with Gasteiger partial charge in [0, 0.05) is 6.20 Å². The monoisotopic (exact) mass is 223 g/mol. The maximum Gasteiger partial charge on any atom is 0.250 e. The first kappa shape index (κ1) is 8.97. The number of hydrogen-bond acceptors (Lipinski definition) is 3. The lowest BCUT2D eigenvalue weighted by atomic mass is 9.75. The minimum Gasteiger partial charge on any atom is -0.354 e. The molecule has 0 radical (unpaired) electrons. The van der Waals surface area contributed by atoms with Gasteiger partial charge in [-0.1, -0.05) is 11.6 Å². The zero-order chi connectivity index (χ0) is 10.5. The average molecular weight is 224 g/mol. The Morgan fingerprint density at radius 1 is 1.47 bits per heavy atom. The highest BCUT2D eigenvalue weighted by Crippen LogP contribution is 2.41. The van der Waals surface area contributed by atoms with E-state index in [-0.39, 0.29) is 5.91 Å². The van der Waals surface area contributed by atoms with Crippen molar-refractivity contribution in [3.63, 3.8) is 0 Å². The summed E-state index contributed by atoms with van der Waals surface area (Å²) in [5, 5.41) is 6.58. The van der Waals surface area contributed by atoms with Gasteiger partial charge in [-0.15, -0.1) is 0 Å². The molecule has 2 aliphatic rings. The fraction of sp³-hybridized carbons (Fsp3) is 0.400. The van der Waals surface area contributed by atoms with Gasteiger partial charge in [0.15, 0.2) is 5.82 Å². The molecule has 0 unspecified atom stereocenters. The van der Waals surface area contributed by atoms with Crippen molar-refractivity contribution in [1.82, 2.24) is 4.98 Å². The summed E-state index contributed by atoms with van der Waals surface area (Å²) < 4.78 is 0. The summed E-state index contributed by atoms with van der Waals surface area (Å²) >= 11 is 5.80. The van der Waals surface area contributed by atoms with E-state index in [1.165, 1.54) is 0 Å². The normalized spacial score (nSPS) is 21.3. The molecule has 1 saturated carbocycles. The second kappa shape index (κ2) is 2.85. The third-order valence-corrected chi connectivity index (χ3v) is 3.31. The lowest BCUT2D eigenvalue weighted by molar-refractivity contribution is -0.123. The van der Waals surface area contributed by atoms with Gasteiger partial charge >= 0.3 is 0 Å². The summed E-state index contributed by atoms with van der Waals surface area (Å²) in [5.41, 5.74) is 0.262. The van der Waals surface area contributed by atoms with Gasteiger partial charge in [0.2, 0.25) is 5.91 Å². The third-order valence-electron chi connectivity index (χ3n) is 3.10. The van der Waals surface area contributed by atoms with Gasteiger partial charge in [-0.05, 0) is 25.3 Å². The van der Waals surface area contributed by atoms with Crippen molar-refractivity contribution in [2.24, 2.45) is 0 Å². The predicted octanol–water partition coefficient (Wildman–Crippen LogP) is 2.02. The minimum atomic E-state index is -0.409. The van der Waals surface area contributed by atoms with Gasteiger partial charge in [-0.3, -0.25) is 4.79 Å². The predicted molar refractivity (Wildman–Crippen MR) is 58.1 cm³/mol. The molecule has 1 aromatic heterocycles. The van der Waals surface area contributed by atoms with Crippen molar-refractivity contribution in [2.45, 2.75) is 24.8 Å². The van der Waals surface area contributed by atoms with E-state index in [1.54, 1.807) is 12.3 Å². The lowest BCUT2D eigenvalue weighted by Gasteiger charge is -2.44. The summed E-state index contributed by atoms with van der Waals surface area (Å²) in [5.74, 6) is 0.754. The molecule has 0 atom stereocenters. The molecule has 5 heteroatoms. The van der Waals surface area contributed by atoms with Crippen molar-refractivity contribution < 1.29 is 4.79 Å². The van der Waals surface area contributed by atoms with Crippen molar-refractivity contribution in [3.8, 4) is 0 Å². The van der Waals surface area contributed by atoms with Crippen LogP contribution in [0.2, 0.25) is 5.02 Å². The highest BCUT2D eigenvalue weighted by molar-refractivity contribution is 6.31. The van der Waals surface area contributed by atoms with Gasteiger partial charge in [-0.2, -0.15) is 0 Å². The molecule has 4 nitrogen and oxygen atoms in total. The molecule has 1 aromatic rings. The number of nitrogens with zero attached hydrogens (tertiary/aromatic N) is 1.